The van der Waals surface area contributed by atoms with Crippen LogP contribution in [0.5, 0.6) is 5.75 Å². The molecule has 0 bridgehead atoms. The van der Waals surface area contributed by atoms with Crippen LogP contribution in [-0.2, 0) is 11.2 Å². The molecule has 22 heavy (non-hydrogen) atoms. The zero-order chi connectivity index (χ0) is 16.5. The zero-order valence-electron chi connectivity index (χ0n) is 11.7. The van der Waals surface area contributed by atoms with Crippen molar-refractivity contribution < 1.29 is 27.8 Å². The highest BCUT2D eigenvalue weighted by molar-refractivity contribution is 6.31. The Bertz CT molecular complexity index is 623. The summed E-state index contributed by atoms with van der Waals surface area (Å²) < 4.78 is 43.8. The third kappa shape index (κ3) is 3.38. The van der Waals surface area contributed by atoms with Gasteiger partial charge in [0.15, 0.2) is 0 Å². The van der Waals surface area contributed by atoms with E-state index in [0.29, 0.717) is 17.0 Å². The SMILES string of the molecule is CCCCc1cc2c(cc1Cl)C=C(C(=O)O)[C@@H](C(F)(F)F)O2. The zero-order valence-corrected chi connectivity index (χ0v) is 12.5. The predicted molar refractivity (Wildman–Crippen MR) is 76.1 cm³/mol. The molecule has 2 rings (SSSR count). The van der Waals surface area contributed by atoms with E-state index >= 15 is 0 Å². The van der Waals surface area contributed by atoms with Crippen LogP contribution in [0, 0.1) is 0 Å². The van der Waals surface area contributed by atoms with Crippen molar-refractivity contribution in [2.75, 3.05) is 0 Å². The largest absolute Gasteiger partial charge is 0.478 e. The Balaban J connectivity index is 2.46. The van der Waals surface area contributed by atoms with E-state index in [1.807, 2.05) is 6.92 Å². The lowest BCUT2D eigenvalue weighted by Crippen LogP contribution is -2.40. The van der Waals surface area contributed by atoms with E-state index in [4.69, 9.17) is 21.4 Å². The van der Waals surface area contributed by atoms with Gasteiger partial charge in [-0.25, -0.2) is 4.79 Å². The van der Waals surface area contributed by atoms with Crippen molar-refractivity contribution in [1.29, 1.82) is 0 Å². The van der Waals surface area contributed by atoms with Gasteiger partial charge in [0.05, 0.1) is 5.57 Å². The number of carboxylic acid groups (broad SMARTS) is 1. The molecular formula is C15H14ClF3O3. The van der Waals surface area contributed by atoms with Crippen molar-refractivity contribution in [2.24, 2.45) is 0 Å². The molecule has 0 saturated heterocycles. The molecule has 0 aliphatic carbocycles. The topological polar surface area (TPSA) is 46.5 Å². The van der Waals surface area contributed by atoms with Gasteiger partial charge >= 0.3 is 12.1 Å². The summed E-state index contributed by atoms with van der Waals surface area (Å²) in [5, 5.41) is 9.35. The molecule has 1 aliphatic rings. The number of unbranched alkanes of at least 4 members (excludes halogenated alkanes) is 1. The van der Waals surface area contributed by atoms with Crippen LogP contribution in [0.3, 0.4) is 0 Å². The van der Waals surface area contributed by atoms with Crippen molar-refractivity contribution >= 4 is 23.6 Å². The Morgan fingerprint density at radius 3 is 2.64 bits per heavy atom. The molecule has 1 N–H and O–H groups in total. The lowest BCUT2D eigenvalue weighted by atomic mass is 9.98. The number of alkyl halides is 3. The smallest absolute Gasteiger partial charge is 0.430 e. The highest BCUT2D eigenvalue weighted by Crippen LogP contribution is 2.39. The number of halogens is 4. The van der Waals surface area contributed by atoms with Crippen LogP contribution in [-0.4, -0.2) is 23.4 Å². The van der Waals surface area contributed by atoms with Crippen LogP contribution < -0.4 is 4.74 Å². The van der Waals surface area contributed by atoms with Gasteiger partial charge in [-0.2, -0.15) is 13.2 Å². The summed E-state index contributed by atoms with van der Waals surface area (Å²) >= 11 is 6.10. The van der Waals surface area contributed by atoms with E-state index in [1.165, 1.54) is 12.1 Å². The van der Waals surface area contributed by atoms with Crippen molar-refractivity contribution in [3.05, 3.63) is 33.9 Å². The molecule has 0 saturated carbocycles. The molecule has 0 spiro atoms. The number of aliphatic carboxylic acids is 1. The van der Waals surface area contributed by atoms with Gasteiger partial charge in [0, 0.05) is 10.6 Å². The number of fused-ring (bicyclic) bond motifs is 1. The van der Waals surface area contributed by atoms with Crippen LogP contribution in [0.1, 0.15) is 30.9 Å². The first-order valence-corrected chi connectivity index (χ1v) is 7.12. The number of hydrogen-bond donors (Lipinski definition) is 1. The summed E-state index contributed by atoms with van der Waals surface area (Å²) in [6.07, 6.45) is -3.92. The number of rotatable bonds is 4. The first kappa shape index (κ1) is 16.7. The molecule has 1 atom stereocenters. The van der Waals surface area contributed by atoms with Gasteiger partial charge in [0.25, 0.3) is 0 Å². The summed E-state index contributed by atoms with van der Waals surface area (Å²) in [6.45, 7) is 1.99. The standard InChI is InChI=1S/C15H14ClF3O3/c1-2-3-4-8-7-12-9(6-11(8)16)5-10(14(20)21)13(22-12)15(17,18)19/h5-7,13H,2-4H2,1H3,(H,20,21)/t13-/m0/s1. The van der Waals surface area contributed by atoms with Crippen molar-refractivity contribution in [3.8, 4) is 5.75 Å². The third-order valence-corrected chi connectivity index (χ3v) is 3.71. The normalized spacial score (nSPS) is 17.5. The highest BCUT2D eigenvalue weighted by atomic mass is 35.5. The highest BCUT2D eigenvalue weighted by Gasteiger charge is 2.48. The van der Waals surface area contributed by atoms with E-state index in [2.05, 4.69) is 0 Å². The number of ether oxygens (including phenoxy) is 1. The van der Waals surface area contributed by atoms with Crippen molar-refractivity contribution in [3.63, 3.8) is 0 Å². The van der Waals surface area contributed by atoms with Gasteiger partial charge in [-0.1, -0.05) is 24.9 Å². The minimum atomic E-state index is -4.80. The fourth-order valence-corrected chi connectivity index (χ4v) is 2.50. The Labute approximate surface area is 130 Å². The predicted octanol–water partition coefficient (Wildman–Crippen LogP) is 4.47. The maximum Gasteiger partial charge on any atom is 0.430 e. The number of aryl methyl sites for hydroxylation is 1. The molecule has 3 nitrogen and oxygen atoms in total. The fourth-order valence-electron chi connectivity index (χ4n) is 2.24. The molecule has 0 amide bonds. The average Bonchev–Trinajstić information content (AvgIpc) is 2.42. The monoisotopic (exact) mass is 334 g/mol. The molecule has 0 radical (unpaired) electrons. The second-order valence-corrected chi connectivity index (χ2v) is 5.44. The van der Waals surface area contributed by atoms with Gasteiger partial charge in [-0.05, 0) is 36.6 Å². The minimum absolute atomic E-state index is 0.00262. The Morgan fingerprint density at radius 1 is 1.41 bits per heavy atom. The molecule has 1 heterocycles. The van der Waals surface area contributed by atoms with Gasteiger partial charge in [-0.3, -0.25) is 0 Å². The maximum atomic E-state index is 13.0. The Morgan fingerprint density at radius 2 is 2.09 bits per heavy atom. The Kier molecular flexibility index (Phi) is 4.70. The summed E-state index contributed by atoms with van der Waals surface area (Å²) in [4.78, 5) is 11.0. The van der Waals surface area contributed by atoms with Crippen LogP contribution in [0.2, 0.25) is 5.02 Å². The molecule has 1 aromatic carbocycles. The van der Waals surface area contributed by atoms with E-state index in [9.17, 15) is 18.0 Å². The molecule has 7 heteroatoms. The molecule has 0 fully saturated rings. The van der Waals surface area contributed by atoms with Crippen molar-refractivity contribution in [2.45, 2.75) is 38.5 Å². The van der Waals surface area contributed by atoms with Gasteiger partial charge in [0.2, 0.25) is 6.10 Å². The van der Waals surface area contributed by atoms with E-state index in [0.717, 1.165) is 18.9 Å². The fraction of sp³-hybridized carbons (Fsp3) is 0.400. The number of benzene rings is 1. The van der Waals surface area contributed by atoms with E-state index < -0.39 is 23.8 Å². The maximum absolute atomic E-state index is 13.0. The lowest BCUT2D eigenvalue weighted by molar-refractivity contribution is -0.187. The van der Waals surface area contributed by atoms with E-state index in [1.54, 1.807) is 0 Å². The van der Waals surface area contributed by atoms with Gasteiger partial charge in [0.1, 0.15) is 5.75 Å². The summed E-state index contributed by atoms with van der Waals surface area (Å²) in [6, 6.07) is 2.90. The third-order valence-electron chi connectivity index (χ3n) is 3.36. The van der Waals surface area contributed by atoms with Crippen LogP contribution in [0.25, 0.3) is 6.08 Å². The molecule has 0 unspecified atom stereocenters. The summed E-state index contributed by atoms with van der Waals surface area (Å²) in [5.41, 5.74) is 0.0795. The van der Waals surface area contributed by atoms with Gasteiger partial charge in [-0.15, -0.1) is 0 Å². The van der Waals surface area contributed by atoms with Crippen LogP contribution in [0.4, 0.5) is 13.2 Å². The molecule has 1 aromatic rings. The van der Waals surface area contributed by atoms with Crippen LogP contribution in [0.15, 0.2) is 17.7 Å². The minimum Gasteiger partial charge on any atom is -0.478 e. The molecular weight excluding hydrogens is 321 g/mol. The number of carbonyl (C=O) groups is 1. The van der Waals surface area contributed by atoms with Gasteiger partial charge < -0.3 is 9.84 Å². The quantitative estimate of drug-likeness (QED) is 0.883. The number of carboxylic acids is 1. The summed E-state index contributed by atoms with van der Waals surface area (Å²) in [5.74, 6) is -1.66. The first-order valence-electron chi connectivity index (χ1n) is 6.74. The average molecular weight is 335 g/mol. The second kappa shape index (κ2) is 6.20. The van der Waals surface area contributed by atoms with E-state index in [-0.39, 0.29) is 11.3 Å². The van der Waals surface area contributed by atoms with Crippen LogP contribution >= 0.6 is 11.6 Å². The Hall–Kier alpha value is -1.69. The molecule has 0 aromatic heterocycles. The number of hydrogen-bond acceptors (Lipinski definition) is 2. The lowest BCUT2D eigenvalue weighted by Gasteiger charge is -2.27. The molecule has 1 aliphatic heterocycles. The first-order chi connectivity index (χ1) is 10.2. The second-order valence-electron chi connectivity index (χ2n) is 5.03. The van der Waals surface area contributed by atoms with Crippen molar-refractivity contribution in [1.82, 2.24) is 0 Å². The molecule has 120 valence electrons. The summed E-state index contributed by atoms with van der Waals surface area (Å²) in [7, 11) is 0.